The second-order valence-electron chi connectivity index (χ2n) is 3.71. The number of nitrogens with one attached hydrogen (secondary N) is 1. The molecule has 1 aromatic carbocycles. The van der Waals surface area contributed by atoms with Crippen molar-refractivity contribution in [3.05, 3.63) is 34.9 Å². The van der Waals surface area contributed by atoms with E-state index in [4.69, 9.17) is 0 Å². The zero-order valence-electron chi connectivity index (χ0n) is 8.27. The molecular weight excluding hydrogens is 158 g/mol. The van der Waals surface area contributed by atoms with Crippen molar-refractivity contribution in [2.45, 2.75) is 26.2 Å². The summed E-state index contributed by atoms with van der Waals surface area (Å²) in [7, 11) is 0. The van der Waals surface area contributed by atoms with E-state index in [0.29, 0.717) is 0 Å². The van der Waals surface area contributed by atoms with Crippen molar-refractivity contribution in [2.75, 3.05) is 13.1 Å². The van der Waals surface area contributed by atoms with Crippen molar-refractivity contribution in [3.8, 4) is 0 Å². The Labute approximate surface area is 80.2 Å². The zero-order valence-corrected chi connectivity index (χ0v) is 8.27. The van der Waals surface area contributed by atoms with Crippen LogP contribution < -0.4 is 5.32 Å². The van der Waals surface area contributed by atoms with Crippen molar-refractivity contribution in [3.63, 3.8) is 0 Å². The highest BCUT2D eigenvalue weighted by Crippen LogP contribution is 2.15. The Morgan fingerprint density at radius 3 is 2.69 bits per heavy atom. The van der Waals surface area contributed by atoms with E-state index in [9.17, 15) is 0 Å². The summed E-state index contributed by atoms with van der Waals surface area (Å²) >= 11 is 0. The first kappa shape index (κ1) is 8.76. The van der Waals surface area contributed by atoms with Crippen LogP contribution in [0.3, 0.4) is 0 Å². The fraction of sp³-hybridized carbons (Fsp3) is 0.500. The van der Waals surface area contributed by atoms with Crippen LogP contribution in [-0.4, -0.2) is 13.1 Å². The first-order valence-corrected chi connectivity index (χ1v) is 5.21. The maximum atomic E-state index is 3.43. The lowest BCUT2D eigenvalue weighted by Crippen LogP contribution is -2.16. The largest absolute Gasteiger partial charge is 0.316 e. The summed E-state index contributed by atoms with van der Waals surface area (Å²) in [6, 6.07) is 6.95. The van der Waals surface area contributed by atoms with Gasteiger partial charge < -0.3 is 5.32 Å². The highest BCUT2D eigenvalue weighted by Gasteiger charge is 2.06. The van der Waals surface area contributed by atoms with Crippen LogP contribution in [0, 0.1) is 0 Å². The van der Waals surface area contributed by atoms with Gasteiger partial charge in [-0.2, -0.15) is 0 Å². The quantitative estimate of drug-likeness (QED) is 0.687. The van der Waals surface area contributed by atoms with Crippen molar-refractivity contribution in [1.82, 2.24) is 5.32 Å². The van der Waals surface area contributed by atoms with Gasteiger partial charge in [0.25, 0.3) is 0 Å². The van der Waals surface area contributed by atoms with E-state index in [1.165, 1.54) is 18.4 Å². The Balaban J connectivity index is 2.32. The van der Waals surface area contributed by atoms with Crippen LogP contribution in [0.15, 0.2) is 18.2 Å². The van der Waals surface area contributed by atoms with Crippen LogP contribution in [0.25, 0.3) is 0 Å². The monoisotopic (exact) mass is 175 g/mol. The van der Waals surface area contributed by atoms with E-state index in [1.54, 1.807) is 11.1 Å². The van der Waals surface area contributed by atoms with Gasteiger partial charge in [0.1, 0.15) is 0 Å². The predicted octanol–water partition coefficient (Wildman–Crippen LogP) is 1.94. The lowest BCUT2D eigenvalue weighted by molar-refractivity contribution is 0.711. The topological polar surface area (TPSA) is 12.0 Å². The molecule has 0 saturated heterocycles. The van der Waals surface area contributed by atoms with Crippen LogP contribution in [0.2, 0.25) is 0 Å². The van der Waals surface area contributed by atoms with Crippen molar-refractivity contribution < 1.29 is 0 Å². The molecule has 0 aromatic heterocycles. The zero-order chi connectivity index (χ0) is 9.10. The molecule has 2 rings (SSSR count). The summed E-state index contributed by atoms with van der Waals surface area (Å²) in [5.74, 6) is 0. The smallest absolute Gasteiger partial charge is 0.000812 e. The fourth-order valence-electron chi connectivity index (χ4n) is 1.95. The molecule has 1 nitrogen and oxygen atoms in total. The molecule has 13 heavy (non-hydrogen) atoms. The number of hydrogen-bond donors (Lipinski definition) is 1. The first-order valence-electron chi connectivity index (χ1n) is 5.21. The Bertz CT molecular complexity index is 291. The molecule has 0 amide bonds. The summed E-state index contributed by atoms with van der Waals surface area (Å²) in [6.07, 6.45) is 3.54. The first-order chi connectivity index (χ1) is 6.40. The Kier molecular flexibility index (Phi) is 2.65. The van der Waals surface area contributed by atoms with Gasteiger partial charge in [0.05, 0.1) is 0 Å². The van der Waals surface area contributed by atoms with Gasteiger partial charge in [-0.1, -0.05) is 25.1 Å². The maximum absolute atomic E-state index is 3.43. The average Bonchev–Trinajstić information content (AvgIpc) is 2.41. The highest BCUT2D eigenvalue weighted by atomic mass is 14.8. The van der Waals surface area contributed by atoms with E-state index < -0.39 is 0 Å². The Morgan fingerprint density at radius 2 is 1.92 bits per heavy atom. The van der Waals surface area contributed by atoms with Crippen LogP contribution in [0.4, 0.5) is 0 Å². The fourth-order valence-corrected chi connectivity index (χ4v) is 1.95. The standard InChI is InChI=1S/C12H17N/c1-2-10-3-4-11-5-7-13-8-6-12(11)9-10/h3-4,9,13H,2,5-8H2,1H3. The van der Waals surface area contributed by atoms with Crippen LogP contribution in [-0.2, 0) is 19.3 Å². The minimum absolute atomic E-state index is 1.14. The van der Waals surface area contributed by atoms with Gasteiger partial charge in [0.15, 0.2) is 0 Å². The van der Waals surface area contributed by atoms with Gasteiger partial charge in [-0.05, 0) is 49.0 Å². The molecule has 1 heterocycles. The van der Waals surface area contributed by atoms with Gasteiger partial charge in [-0.3, -0.25) is 0 Å². The molecular formula is C12H17N. The molecule has 1 N–H and O–H groups in total. The minimum atomic E-state index is 1.14. The third kappa shape index (κ3) is 1.92. The van der Waals surface area contributed by atoms with Crippen molar-refractivity contribution >= 4 is 0 Å². The van der Waals surface area contributed by atoms with Gasteiger partial charge in [-0.25, -0.2) is 0 Å². The molecule has 1 aromatic rings. The Hall–Kier alpha value is -0.820. The molecule has 0 atom stereocenters. The Morgan fingerprint density at radius 1 is 1.15 bits per heavy atom. The normalized spacial score (nSPS) is 16.4. The molecule has 1 aliphatic heterocycles. The lowest BCUT2D eigenvalue weighted by atomic mass is 9.99. The molecule has 0 fully saturated rings. The van der Waals surface area contributed by atoms with Gasteiger partial charge in [-0.15, -0.1) is 0 Å². The third-order valence-corrected chi connectivity index (χ3v) is 2.82. The van der Waals surface area contributed by atoms with Crippen molar-refractivity contribution in [2.24, 2.45) is 0 Å². The second-order valence-corrected chi connectivity index (χ2v) is 3.71. The molecule has 1 heteroatoms. The van der Waals surface area contributed by atoms with Gasteiger partial charge in [0, 0.05) is 0 Å². The van der Waals surface area contributed by atoms with Crippen LogP contribution in [0.5, 0.6) is 0 Å². The summed E-state index contributed by atoms with van der Waals surface area (Å²) in [5.41, 5.74) is 4.58. The minimum Gasteiger partial charge on any atom is -0.316 e. The van der Waals surface area contributed by atoms with E-state index in [-0.39, 0.29) is 0 Å². The van der Waals surface area contributed by atoms with Crippen molar-refractivity contribution in [1.29, 1.82) is 0 Å². The number of hydrogen-bond acceptors (Lipinski definition) is 1. The summed E-state index contributed by atoms with van der Waals surface area (Å²) < 4.78 is 0. The molecule has 70 valence electrons. The average molecular weight is 175 g/mol. The molecule has 0 bridgehead atoms. The molecule has 0 saturated carbocycles. The van der Waals surface area contributed by atoms with Gasteiger partial charge >= 0.3 is 0 Å². The summed E-state index contributed by atoms with van der Waals surface area (Å²) in [5, 5.41) is 3.43. The SMILES string of the molecule is CCc1ccc2c(c1)CCNCC2. The summed E-state index contributed by atoms with van der Waals surface area (Å²) in [4.78, 5) is 0. The molecule has 0 unspecified atom stereocenters. The van der Waals surface area contributed by atoms with Gasteiger partial charge in [0.2, 0.25) is 0 Å². The number of aryl methyl sites for hydroxylation is 1. The third-order valence-electron chi connectivity index (χ3n) is 2.82. The van der Waals surface area contributed by atoms with E-state index in [0.717, 1.165) is 19.5 Å². The molecule has 0 aliphatic carbocycles. The lowest BCUT2D eigenvalue weighted by Gasteiger charge is -2.06. The number of fused-ring (bicyclic) bond motifs is 1. The maximum Gasteiger partial charge on any atom is -0.000812 e. The van der Waals surface area contributed by atoms with E-state index in [2.05, 4.69) is 30.4 Å². The molecule has 1 aliphatic rings. The molecule has 0 radical (unpaired) electrons. The number of rotatable bonds is 1. The van der Waals surface area contributed by atoms with Crippen LogP contribution in [0.1, 0.15) is 23.6 Å². The van der Waals surface area contributed by atoms with Crippen LogP contribution >= 0.6 is 0 Å². The van der Waals surface area contributed by atoms with E-state index in [1.807, 2.05) is 0 Å². The second kappa shape index (κ2) is 3.93. The predicted molar refractivity (Wildman–Crippen MR) is 56.1 cm³/mol. The molecule has 0 spiro atoms. The van der Waals surface area contributed by atoms with E-state index >= 15 is 0 Å². The highest BCUT2D eigenvalue weighted by molar-refractivity contribution is 5.33. The summed E-state index contributed by atoms with van der Waals surface area (Å²) in [6.45, 7) is 4.50. The number of benzene rings is 1.